The van der Waals surface area contributed by atoms with Crippen molar-refractivity contribution in [1.29, 1.82) is 0 Å². The lowest BCUT2D eigenvalue weighted by molar-refractivity contribution is 0.0505. The van der Waals surface area contributed by atoms with Crippen LogP contribution in [0.5, 0.6) is 0 Å². The van der Waals surface area contributed by atoms with E-state index < -0.39 is 5.60 Å². The van der Waals surface area contributed by atoms with E-state index >= 15 is 0 Å². The van der Waals surface area contributed by atoms with Gasteiger partial charge >= 0.3 is 0 Å². The van der Waals surface area contributed by atoms with Crippen molar-refractivity contribution >= 4 is 0 Å². The summed E-state index contributed by atoms with van der Waals surface area (Å²) in [6, 6.07) is 10.1. The molecule has 3 nitrogen and oxygen atoms in total. The number of nitrogens with one attached hydrogen (secondary N) is 1. The molecule has 3 N–H and O–H groups in total. The smallest absolute Gasteiger partial charge is 0.0992 e. The van der Waals surface area contributed by atoms with E-state index in [1.165, 1.54) is 0 Å². The van der Waals surface area contributed by atoms with Gasteiger partial charge in [0.2, 0.25) is 0 Å². The maximum Gasteiger partial charge on any atom is 0.0992 e. The summed E-state index contributed by atoms with van der Waals surface area (Å²) in [5.74, 6) is 0.344. The number of hydrogen-bond acceptors (Lipinski definition) is 3. The molecule has 3 heteroatoms. The molecule has 0 saturated heterocycles. The van der Waals surface area contributed by atoms with E-state index in [4.69, 9.17) is 0 Å². The highest BCUT2D eigenvalue weighted by Gasteiger charge is 2.29. The molecule has 1 aliphatic carbocycles. The third-order valence-electron chi connectivity index (χ3n) is 4.00. The van der Waals surface area contributed by atoms with Crippen molar-refractivity contribution in [3.8, 4) is 0 Å². The third-order valence-corrected chi connectivity index (χ3v) is 4.00. The van der Waals surface area contributed by atoms with Crippen molar-refractivity contribution < 1.29 is 10.2 Å². The van der Waals surface area contributed by atoms with E-state index in [9.17, 15) is 10.2 Å². The largest absolute Gasteiger partial charge is 0.396 e. The van der Waals surface area contributed by atoms with Crippen LogP contribution in [0.3, 0.4) is 0 Å². The van der Waals surface area contributed by atoms with E-state index in [-0.39, 0.29) is 6.61 Å². The van der Waals surface area contributed by atoms with Crippen LogP contribution in [0.4, 0.5) is 0 Å². The Morgan fingerprint density at radius 3 is 2.67 bits per heavy atom. The predicted octanol–water partition coefficient (Wildman–Crippen LogP) is 1.64. The van der Waals surface area contributed by atoms with Gasteiger partial charge in [-0.2, -0.15) is 0 Å². The molecule has 1 fully saturated rings. The first-order valence-electron chi connectivity index (χ1n) is 6.75. The summed E-state index contributed by atoms with van der Waals surface area (Å²) < 4.78 is 0. The van der Waals surface area contributed by atoms with Gasteiger partial charge < -0.3 is 15.5 Å². The van der Waals surface area contributed by atoms with E-state index in [2.05, 4.69) is 5.32 Å². The van der Waals surface area contributed by atoms with Crippen LogP contribution in [0.15, 0.2) is 30.3 Å². The van der Waals surface area contributed by atoms with Gasteiger partial charge in [0.25, 0.3) is 0 Å². The molecule has 0 spiro atoms. The Bertz CT molecular complexity index is 364. The summed E-state index contributed by atoms with van der Waals surface area (Å²) >= 11 is 0. The van der Waals surface area contributed by atoms with Gasteiger partial charge in [0.05, 0.1) is 5.60 Å². The van der Waals surface area contributed by atoms with Gasteiger partial charge in [0, 0.05) is 19.2 Å². The average Bonchev–Trinajstić information content (AvgIpc) is 2.85. The second-order valence-corrected chi connectivity index (χ2v) is 5.50. The molecular weight excluding hydrogens is 226 g/mol. The molecule has 3 unspecified atom stereocenters. The Hall–Kier alpha value is -0.900. The minimum Gasteiger partial charge on any atom is -0.396 e. The van der Waals surface area contributed by atoms with Crippen molar-refractivity contribution in [2.45, 2.75) is 37.8 Å². The molecule has 0 aliphatic heterocycles. The van der Waals surface area contributed by atoms with Crippen molar-refractivity contribution in [3.05, 3.63) is 35.9 Å². The van der Waals surface area contributed by atoms with E-state index in [1.54, 1.807) is 0 Å². The standard InChI is InChI=1S/C15H23NO2/c1-15(18,13-7-3-2-4-8-13)11-16-14-9-5-6-12(14)10-17/h2-4,7-8,12,14,16-18H,5-6,9-11H2,1H3. The molecule has 1 aromatic carbocycles. The first-order chi connectivity index (χ1) is 8.63. The summed E-state index contributed by atoms with van der Waals surface area (Å²) in [4.78, 5) is 0. The lowest BCUT2D eigenvalue weighted by Crippen LogP contribution is -2.43. The molecule has 0 aromatic heterocycles. The van der Waals surface area contributed by atoms with Gasteiger partial charge in [0.1, 0.15) is 0 Å². The van der Waals surface area contributed by atoms with Gasteiger partial charge in [-0.05, 0) is 31.2 Å². The Morgan fingerprint density at radius 1 is 1.28 bits per heavy atom. The number of aliphatic hydroxyl groups is 2. The Labute approximate surface area is 109 Å². The van der Waals surface area contributed by atoms with Crippen LogP contribution in [0.2, 0.25) is 0 Å². The molecule has 1 aliphatic rings. The van der Waals surface area contributed by atoms with Crippen LogP contribution in [0.1, 0.15) is 31.7 Å². The quantitative estimate of drug-likeness (QED) is 0.743. The monoisotopic (exact) mass is 249 g/mol. The summed E-state index contributed by atoms with van der Waals surface area (Å²) in [5, 5.41) is 23.2. The molecule has 1 aromatic rings. The Morgan fingerprint density at radius 2 is 2.00 bits per heavy atom. The highest BCUT2D eigenvalue weighted by atomic mass is 16.3. The van der Waals surface area contributed by atoms with E-state index in [1.807, 2.05) is 37.3 Å². The third kappa shape index (κ3) is 3.10. The van der Waals surface area contributed by atoms with Crippen LogP contribution in [-0.2, 0) is 5.60 Å². The van der Waals surface area contributed by atoms with Crippen LogP contribution < -0.4 is 5.32 Å². The van der Waals surface area contributed by atoms with Crippen LogP contribution in [-0.4, -0.2) is 29.4 Å². The van der Waals surface area contributed by atoms with Gasteiger partial charge in [-0.1, -0.05) is 36.8 Å². The highest BCUT2D eigenvalue weighted by molar-refractivity contribution is 5.21. The highest BCUT2D eigenvalue weighted by Crippen LogP contribution is 2.26. The van der Waals surface area contributed by atoms with Gasteiger partial charge in [0.15, 0.2) is 0 Å². The second kappa shape index (κ2) is 5.83. The number of benzene rings is 1. The lowest BCUT2D eigenvalue weighted by Gasteiger charge is -2.28. The SMILES string of the molecule is CC(O)(CNC1CCCC1CO)c1ccccc1. The average molecular weight is 249 g/mol. The zero-order valence-corrected chi connectivity index (χ0v) is 11.0. The minimum atomic E-state index is -0.857. The summed E-state index contributed by atoms with van der Waals surface area (Å²) in [5.41, 5.74) is 0.0696. The molecule has 2 rings (SSSR count). The summed E-state index contributed by atoms with van der Waals surface area (Å²) in [6.45, 7) is 2.60. The predicted molar refractivity (Wildman–Crippen MR) is 72.2 cm³/mol. The summed E-state index contributed by atoms with van der Waals surface area (Å²) in [6.07, 6.45) is 3.34. The molecule has 1 saturated carbocycles. The first kappa shape index (κ1) is 13.5. The first-order valence-corrected chi connectivity index (χ1v) is 6.75. The van der Waals surface area contributed by atoms with Crippen molar-refractivity contribution in [3.63, 3.8) is 0 Å². The van der Waals surface area contributed by atoms with Crippen LogP contribution in [0.25, 0.3) is 0 Å². The van der Waals surface area contributed by atoms with E-state index in [0.29, 0.717) is 18.5 Å². The molecule has 18 heavy (non-hydrogen) atoms. The fraction of sp³-hybridized carbons (Fsp3) is 0.600. The molecule has 0 amide bonds. The molecule has 3 atom stereocenters. The molecule has 100 valence electrons. The molecule has 0 radical (unpaired) electrons. The van der Waals surface area contributed by atoms with Crippen LogP contribution >= 0.6 is 0 Å². The van der Waals surface area contributed by atoms with Crippen molar-refractivity contribution in [1.82, 2.24) is 5.32 Å². The van der Waals surface area contributed by atoms with Crippen molar-refractivity contribution in [2.75, 3.05) is 13.2 Å². The lowest BCUT2D eigenvalue weighted by atomic mass is 9.95. The number of aliphatic hydroxyl groups excluding tert-OH is 1. The molecule has 0 heterocycles. The Balaban J connectivity index is 1.93. The molecular formula is C15H23NO2. The maximum atomic E-state index is 10.5. The maximum absolute atomic E-state index is 10.5. The fourth-order valence-corrected chi connectivity index (χ4v) is 2.75. The minimum absolute atomic E-state index is 0.241. The topological polar surface area (TPSA) is 52.5 Å². The Kier molecular flexibility index (Phi) is 4.38. The summed E-state index contributed by atoms with van der Waals surface area (Å²) in [7, 11) is 0. The number of rotatable bonds is 5. The van der Waals surface area contributed by atoms with Crippen LogP contribution in [0, 0.1) is 5.92 Å². The zero-order valence-electron chi connectivity index (χ0n) is 11.0. The van der Waals surface area contributed by atoms with Crippen molar-refractivity contribution in [2.24, 2.45) is 5.92 Å². The van der Waals surface area contributed by atoms with Gasteiger partial charge in [-0.3, -0.25) is 0 Å². The van der Waals surface area contributed by atoms with E-state index in [0.717, 1.165) is 24.8 Å². The number of hydrogen-bond donors (Lipinski definition) is 3. The fourth-order valence-electron chi connectivity index (χ4n) is 2.75. The normalized spacial score (nSPS) is 27.1. The van der Waals surface area contributed by atoms with Gasteiger partial charge in [-0.25, -0.2) is 0 Å². The molecule has 0 bridgehead atoms. The second-order valence-electron chi connectivity index (χ2n) is 5.50. The zero-order chi connectivity index (χ0) is 13.0. The van der Waals surface area contributed by atoms with Gasteiger partial charge in [-0.15, -0.1) is 0 Å².